The Bertz CT molecular complexity index is 2830. The van der Waals surface area contributed by atoms with Crippen molar-refractivity contribution in [3.8, 4) is 23.3 Å². The van der Waals surface area contributed by atoms with Gasteiger partial charge >= 0.3 is 12.0 Å². The number of nitrogens with one attached hydrogen (secondary N) is 2. The number of hydrogen-bond donors (Lipinski definition) is 3. The maximum absolute atomic E-state index is 16.4. The molecular formula is C54H46N4O7. The Balaban J connectivity index is 1.33. The predicted molar refractivity (Wildman–Crippen MR) is 246 cm³/mol. The number of nitrogens with zero attached hydrogens (tertiary/aromatic N) is 2. The van der Waals surface area contributed by atoms with E-state index >= 15 is 14.4 Å². The van der Waals surface area contributed by atoms with Gasteiger partial charge in [-0.05, 0) is 89.3 Å². The second-order valence-corrected chi connectivity index (χ2v) is 16.3. The number of phenolic OH excluding ortho intramolecular Hbond substituents is 1. The minimum absolute atomic E-state index is 0.0254. The van der Waals surface area contributed by atoms with Crippen LogP contribution in [0.1, 0.15) is 70.1 Å². The summed E-state index contributed by atoms with van der Waals surface area (Å²) in [5, 5.41) is 16.7. The van der Waals surface area contributed by atoms with Crippen LogP contribution < -0.4 is 20.3 Å². The molecule has 4 amide bonds. The highest BCUT2D eigenvalue weighted by atomic mass is 16.6. The number of morpholine rings is 1. The Labute approximate surface area is 377 Å². The number of cyclic esters (lactones) is 1. The van der Waals surface area contributed by atoms with E-state index in [9.17, 15) is 9.90 Å². The summed E-state index contributed by atoms with van der Waals surface area (Å²) in [5.74, 6) is 3.59. The van der Waals surface area contributed by atoms with E-state index in [4.69, 9.17) is 9.47 Å². The average Bonchev–Trinajstić information content (AvgIpc) is 3.80. The lowest BCUT2D eigenvalue weighted by Gasteiger charge is -2.46. The van der Waals surface area contributed by atoms with Crippen molar-refractivity contribution < 1.29 is 33.8 Å². The molecule has 7 unspecified atom stereocenters. The highest BCUT2D eigenvalue weighted by Crippen LogP contribution is 2.66. The summed E-state index contributed by atoms with van der Waals surface area (Å²) in [7, 11) is 1.59. The van der Waals surface area contributed by atoms with Crippen LogP contribution in [-0.2, 0) is 24.5 Å². The maximum Gasteiger partial charge on any atom is 0.329 e. The molecule has 7 atom stereocenters. The zero-order valence-corrected chi connectivity index (χ0v) is 35.8. The molecule has 6 aromatic rings. The second-order valence-electron chi connectivity index (χ2n) is 16.3. The smallest absolute Gasteiger partial charge is 0.329 e. The van der Waals surface area contributed by atoms with Gasteiger partial charge in [0.25, 0.3) is 0 Å². The lowest BCUT2D eigenvalue weighted by molar-refractivity contribution is -0.178. The highest BCUT2D eigenvalue weighted by molar-refractivity contribution is 6.24. The summed E-state index contributed by atoms with van der Waals surface area (Å²) in [4.78, 5) is 64.8. The monoisotopic (exact) mass is 862 g/mol. The zero-order valence-electron chi connectivity index (χ0n) is 35.8. The molecule has 3 aliphatic rings. The van der Waals surface area contributed by atoms with E-state index in [-0.39, 0.29) is 18.0 Å². The topological polar surface area (TPSA) is 138 Å². The lowest BCUT2D eigenvalue weighted by atomic mass is 9.65. The molecule has 0 aromatic heterocycles. The molecule has 9 rings (SSSR count). The molecule has 324 valence electrons. The molecule has 2 fully saturated rings. The second kappa shape index (κ2) is 17.7. The van der Waals surface area contributed by atoms with Gasteiger partial charge in [-0.15, -0.1) is 6.58 Å². The third-order valence-corrected chi connectivity index (χ3v) is 12.7. The number of aromatic hydroxyl groups is 1. The van der Waals surface area contributed by atoms with Gasteiger partial charge < -0.3 is 25.2 Å². The molecular weight excluding hydrogens is 817 g/mol. The van der Waals surface area contributed by atoms with Crippen LogP contribution in [0.5, 0.6) is 11.5 Å². The summed E-state index contributed by atoms with van der Waals surface area (Å²) in [6, 6.07) is 42.7. The standard InChI is InChI=1S/C54H46N4O7/c1-4-32-55-50(60)45-47-51(61)65-48(39-18-12-7-13-19-39)46(38-16-10-6-11-17-38)58(47)49(40-25-27-41(59)28-26-40)54(45)43-33-36(21-20-35-22-29-42(64-3)30-23-35)24-31-44(43)57(52(54)62)53(63)56-34(2)37-14-8-5-9-15-37/h4-19,22-31,33-34,45-49,59H,1,32H2,2-3H3,(H,55,60)(H,56,63). The van der Waals surface area contributed by atoms with E-state index in [0.29, 0.717) is 33.6 Å². The largest absolute Gasteiger partial charge is 0.508 e. The fraction of sp³-hybridized carbons (Fsp3) is 0.185. The van der Waals surface area contributed by atoms with Crippen LogP contribution in [0.2, 0.25) is 0 Å². The van der Waals surface area contributed by atoms with Gasteiger partial charge in [-0.3, -0.25) is 19.3 Å². The van der Waals surface area contributed by atoms with Crippen LogP contribution in [0.3, 0.4) is 0 Å². The van der Waals surface area contributed by atoms with Gasteiger partial charge in [0.2, 0.25) is 11.8 Å². The van der Waals surface area contributed by atoms with E-state index in [1.54, 1.807) is 37.4 Å². The highest BCUT2D eigenvalue weighted by Gasteiger charge is 2.75. The Morgan fingerprint density at radius 3 is 2.06 bits per heavy atom. The fourth-order valence-electron chi connectivity index (χ4n) is 9.82. The quantitative estimate of drug-likeness (QED) is 0.0752. The van der Waals surface area contributed by atoms with Crippen molar-refractivity contribution in [3.63, 3.8) is 0 Å². The number of carbonyl (C=O) groups is 4. The number of hydrogen-bond acceptors (Lipinski definition) is 8. The number of amides is 4. The van der Waals surface area contributed by atoms with Crippen LogP contribution >= 0.6 is 0 Å². The van der Waals surface area contributed by atoms with E-state index in [1.165, 1.54) is 18.2 Å². The number of fused-ring (bicyclic) bond motifs is 3. The Kier molecular flexibility index (Phi) is 11.5. The number of benzene rings is 6. The minimum Gasteiger partial charge on any atom is -0.508 e. The summed E-state index contributed by atoms with van der Waals surface area (Å²) in [5.41, 5.74) is 2.58. The summed E-state index contributed by atoms with van der Waals surface area (Å²) >= 11 is 0. The molecule has 6 aromatic carbocycles. The first-order valence-corrected chi connectivity index (χ1v) is 21.4. The van der Waals surface area contributed by atoms with Crippen molar-refractivity contribution in [1.29, 1.82) is 0 Å². The molecule has 11 heteroatoms. The number of methoxy groups -OCH3 is 1. The number of imide groups is 1. The van der Waals surface area contributed by atoms with Gasteiger partial charge in [0.05, 0.1) is 36.8 Å². The molecule has 0 aliphatic carbocycles. The van der Waals surface area contributed by atoms with Crippen molar-refractivity contribution in [2.75, 3.05) is 18.6 Å². The molecule has 65 heavy (non-hydrogen) atoms. The van der Waals surface area contributed by atoms with Crippen molar-refractivity contribution in [3.05, 3.63) is 209 Å². The zero-order chi connectivity index (χ0) is 45.2. The minimum atomic E-state index is -1.98. The molecule has 3 heterocycles. The van der Waals surface area contributed by atoms with E-state index in [2.05, 4.69) is 29.1 Å². The van der Waals surface area contributed by atoms with Gasteiger partial charge in [0.15, 0.2) is 0 Å². The number of ether oxygens (including phenoxy) is 2. The summed E-state index contributed by atoms with van der Waals surface area (Å²) < 4.78 is 11.9. The first-order chi connectivity index (χ1) is 31.6. The van der Waals surface area contributed by atoms with Gasteiger partial charge in [-0.25, -0.2) is 9.69 Å². The maximum atomic E-state index is 16.4. The summed E-state index contributed by atoms with van der Waals surface area (Å²) in [6.45, 7) is 5.68. The van der Waals surface area contributed by atoms with Crippen molar-refractivity contribution >= 4 is 29.5 Å². The van der Waals surface area contributed by atoms with Gasteiger partial charge in [0, 0.05) is 17.7 Å². The molecule has 0 saturated carbocycles. The van der Waals surface area contributed by atoms with Crippen LogP contribution in [0, 0.1) is 17.8 Å². The lowest BCUT2D eigenvalue weighted by Crippen LogP contribution is -2.56. The number of anilines is 1. The molecule has 3 aliphatic heterocycles. The first kappa shape index (κ1) is 42.4. The molecule has 11 nitrogen and oxygen atoms in total. The van der Waals surface area contributed by atoms with Crippen LogP contribution in [0.25, 0.3) is 0 Å². The average molecular weight is 863 g/mol. The van der Waals surface area contributed by atoms with Crippen LogP contribution in [0.4, 0.5) is 10.5 Å². The van der Waals surface area contributed by atoms with E-state index in [0.717, 1.165) is 16.0 Å². The van der Waals surface area contributed by atoms with Gasteiger partial charge in [-0.1, -0.05) is 121 Å². The van der Waals surface area contributed by atoms with Crippen molar-refractivity contribution in [1.82, 2.24) is 15.5 Å². The van der Waals surface area contributed by atoms with Crippen LogP contribution in [0.15, 0.2) is 170 Å². The molecule has 3 N–H and O–H groups in total. The number of carbonyl (C=O) groups excluding carboxylic acids is 4. The number of esters is 1. The van der Waals surface area contributed by atoms with Crippen molar-refractivity contribution in [2.45, 2.75) is 42.6 Å². The number of urea groups is 1. The van der Waals surface area contributed by atoms with Crippen LogP contribution in [-0.4, -0.2) is 53.5 Å². The molecule has 2 saturated heterocycles. The first-order valence-electron chi connectivity index (χ1n) is 21.4. The van der Waals surface area contributed by atoms with Gasteiger partial charge in [0.1, 0.15) is 29.1 Å². The normalized spacial score (nSPS) is 22.4. The van der Waals surface area contributed by atoms with Crippen molar-refractivity contribution in [2.24, 2.45) is 5.92 Å². The molecule has 0 bridgehead atoms. The molecule has 0 radical (unpaired) electrons. The predicted octanol–water partition coefficient (Wildman–Crippen LogP) is 8.24. The Morgan fingerprint density at radius 2 is 1.42 bits per heavy atom. The molecule has 1 spiro atoms. The number of rotatable bonds is 9. The van der Waals surface area contributed by atoms with Gasteiger partial charge in [-0.2, -0.15) is 0 Å². The Morgan fingerprint density at radius 1 is 0.800 bits per heavy atom. The SMILES string of the molecule is C=CCNC(=O)C1C2C(=O)OC(c3ccccc3)C(c3ccccc3)N2C(c2ccc(O)cc2)C12C(=O)N(C(=O)NC(C)c1ccccc1)c1ccc(C#Cc3ccc(OC)cc3)cc12. The Hall–Kier alpha value is -7.94. The third kappa shape index (κ3) is 7.47. The van der Waals surface area contributed by atoms with E-state index < -0.39 is 65.4 Å². The fourth-order valence-corrected chi connectivity index (χ4v) is 9.82. The summed E-state index contributed by atoms with van der Waals surface area (Å²) in [6.07, 6.45) is 0.631. The number of phenols is 1. The third-order valence-electron chi connectivity index (χ3n) is 12.7. The van der Waals surface area contributed by atoms with E-state index in [1.807, 2.05) is 127 Å².